The Morgan fingerprint density at radius 2 is 1.70 bits per heavy atom. The third-order valence-corrected chi connectivity index (χ3v) is 8.59. The number of ether oxygens (including phenoxy) is 1. The number of nitrogens with one attached hydrogen (secondary N) is 1. The van der Waals surface area contributed by atoms with Gasteiger partial charge in [0.25, 0.3) is 0 Å². The van der Waals surface area contributed by atoms with Gasteiger partial charge in [-0.2, -0.15) is 0 Å². The van der Waals surface area contributed by atoms with Crippen molar-refractivity contribution in [3.8, 4) is 0 Å². The van der Waals surface area contributed by atoms with Gasteiger partial charge in [0.15, 0.2) is 0 Å². The molecule has 0 saturated heterocycles. The molecule has 0 amide bonds. The first-order valence-electron chi connectivity index (χ1n) is 7.55. The monoisotopic (exact) mass is 371 g/mol. The van der Waals surface area contributed by atoms with Crippen LogP contribution in [-0.4, -0.2) is 31.4 Å². The number of thiophene rings is 2. The molecule has 2 heterocycles. The topological polar surface area (TPSA) is 55.4 Å². The summed E-state index contributed by atoms with van der Waals surface area (Å²) >= 11 is 3.19. The molecule has 0 aromatic carbocycles. The summed E-state index contributed by atoms with van der Waals surface area (Å²) in [6.07, 6.45) is 1.02. The van der Waals surface area contributed by atoms with Crippen LogP contribution in [0.15, 0.2) is 35.0 Å². The second-order valence-electron chi connectivity index (χ2n) is 5.16. The summed E-state index contributed by atoms with van der Waals surface area (Å²) in [5, 5.41) is 7.13. The molecule has 0 bridgehead atoms. The lowest BCUT2D eigenvalue weighted by Gasteiger charge is -2.28. The standard InChI is InChI=1S/C16H22NO3PS2/c1-4-21(19,5-2)17-15(16(18)20-3)14(12-8-6-10-22-12)13-9-7-11-23-13/h6-11,14-15H,4-5H2,1-3H3,(H,17,19). The lowest BCUT2D eigenvalue weighted by Crippen LogP contribution is -2.41. The molecule has 2 rings (SSSR count). The van der Waals surface area contributed by atoms with E-state index in [0.29, 0.717) is 12.3 Å². The van der Waals surface area contributed by atoms with E-state index >= 15 is 0 Å². The molecular weight excluding hydrogens is 349 g/mol. The number of carbonyl (C=O) groups is 1. The summed E-state index contributed by atoms with van der Waals surface area (Å²) in [6, 6.07) is 7.30. The third kappa shape index (κ3) is 4.32. The normalized spacial score (nSPS) is 13.2. The van der Waals surface area contributed by atoms with Crippen molar-refractivity contribution in [1.29, 1.82) is 0 Å². The molecule has 0 aliphatic carbocycles. The highest BCUT2D eigenvalue weighted by molar-refractivity contribution is 7.61. The predicted octanol–water partition coefficient (Wildman–Crippen LogP) is 4.39. The van der Waals surface area contributed by atoms with Crippen LogP contribution in [0.3, 0.4) is 0 Å². The summed E-state index contributed by atoms with van der Waals surface area (Å²) in [5.74, 6) is -0.562. The second kappa shape index (κ2) is 8.25. The zero-order valence-electron chi connectivity index (χ0n) is 13.5. The molecule has 0 radical (unpaired) electrons. The van der Waals surface area contributed by atoms with Gasteiger partial charge in [-0.25, -0.2) is 0 Å². The molecule has 126 valence electrons. The zero-order chi connectivity index (χ0) is 16.9. The van der Waals surface area contributed by atoms with Gasteiger partial charge in [0.1, 0.15) is 13.3 Å². The Morgan fingerprint density at radius 1 is 1.17 bits per heavy atom. The number of methoxy groups -OCH3 is 1. The number of carbonyl (C=O) groups excluding carboxylic acids is 1. The van der Waals surface area contributed by atoms with E-state index in [4.69, 9.17) is 4.74 Å². The van der Waals surface area contributed by atoms with E-state index in [1.54, 1.807) is 22.7 Å². The van der Waals surface area contributed by atoms with E-state index in [2.05, 4.69) is 5.09 Å². The van der Waals surface area contributed by atoms with Gasteiger partial charge in [-0.3, -0.25) is 9.88 Å². The van der Waals surface area contributed by atoms with Crippen LogP contribution in [0.4, 0.5) is 0 Å². The third-order valence-electron chi connectivity index (χ3n) is 3.88. The molecule has 0 aliphatic heterocycles. The van der Waals surface area contributed by atoms with Crippen LogP contribution < -0.4 is 5.09 Å². The largest absolute Gasteiger partial charge is 0.468 e. The summed E-state index contributed by atoms with van der Waals surface area (Å²) in [4.78, 5) is 14.6. The van der Waals surface area contributed by atoms with E-state index in [-0.39, 0.29) is 11.9 Å². The molecule has 0 spiro atoms. The Hall–Kier alpha value is -0.940. The van der Waals surface area contributed by atoms with Crippen LogP contribution in [0.2, 0.25) is 0 Å². The fourth-order valence-corrected chi connectivity index (χ4v) is 5.87. The van der Waals surface area contributed by atoms with Crippen molar-refractivity contribution >= 4 is 35.9 Å². The van der Waals surface area contributed by atoms with Crippen LogP contribution in [0.5, 0.6) is 0 Å². The van der Waals surface area contributed by atoms with Crippen LogP contribution in [0.1, 0.15) is 29.5 Å². The first kappa shape index (κ1) is 18.4. The van der Waals surface area contributed by atoms with Crippen molar-refractivity contribution in [2.45, 2.75) is 25.8 Å². The van der Waals surface area contributed by atoms with Crippen molar-refractivity contribution in [2.24, 2.45) is 0 Å². The van der Waals surface area contributed by atoms with E-state index < -0.39 is 13.3 Å². The number of esters is 1. The molecule has 4 nitrogen and oxygen atoms in total. The molecule has 2 aromatic rings. The average molecular weight is 371 g/mol. The Labute approximate surface area is 145 Å². The molecule has 7 heteroatoms. The van der Waals surface area contributed by atoms with Gasteiger partial charge in [0.2, 0.25) is 0 Å². The van der Waals surface area contributed by atoms with E-state index in [1.807, 2.05) is 48.9 Å². The summed E-state index contributed by atoms with van der Waals surface area (Å²) in [6.45, 7) is 3.77. The minimum absolute atomic E-state index is 0.186. The van der Waals surface area contributed by atoms with Crippen LogP contribution in [0, 0.1) is 0 Å². The lowest BCUT2D eigenvalue weighted by atomic mass is 9.97. The highest BCUT2D eigenvalue weighted by atomic mass is 32.1. The molecule has 1 unspecified atom stereocenters. The maximum atomic E-state index is 12.9. The highest BCUT2D eigenvalue weighted by Crippen LogP contribution is 2.44. The van der Waals surface area contributed by atoms with Gasteiger partial charge in [-0.1, -0.05) is 26.0 Å². The van der Waals surface area contributed by atoms with Crippen molar-refractivity contribution in [3.05, 3.63) is 44.8 Å². The lowest BCUT2D eigenvalue weighted by molar-refractivity contribution is -0.142. The van der Waals surface area contributed by atoms with Gasteiger partial charge >= 0.3 is 5.97 Å². The van der Waals surface area contributed by atoms with Crippen LogP contribution >= 0.6 is 30.0 Å². The average Bonchev–Trinajstić information content (AvgIpc) is 3.27. The maximum Gasteiger partial charge on any atom is 0.324 e. The molecule has 1 N–H and O–H groups in total. The fourth-order valence-electron chi connectivity index (χ4n) is 2.46. The Balaban J connectivity index is 2.45. The number of hydrogen-bond acceptors (Lipinski definition) is 5. The minimum Gasteiger partial charge on any atom is -0.468 e. The number of rotatable bonds is 8. The first-order chi connectivity index (χ1) is 11.0. The maximum absolute atomic E-state index is 12.9. The summed E-state index contributed by atoms with van der Waals surface area (Å²) in [5.41, 5.74) is 0. The molecular formula is C16H22NO3PS2. The Kier molecular flexibility index (Phi) is 6.60. The van der Waals surface area contributed by atoms with Crippen molar-refractivity contribution in [3.63, 3.8) is 0 Å². The molecule has 2 aromatic heterocycles. The Bertz CT molecular complexity index is 613. The fraction of sp³-hybridized carbons (Fsp3) is 0.438. The molecule has 0 fully saturated rings. The minimum atomic E-state index is -2.60. The smallest absolute Gasteiger partial charge is 0.324 e. The molecule has 0 aliphatic rings. The summed E-state index contributed by atoms with van der Waals surface area (Å²) in [7, 11) is -1.23. The molecule has 0 saturated carbocycles. The second-order valence-corrected chi connectivity index (χ2v) is 10.4. The predicted molar refractivity (Wildman–Crippen MR) is 98.1 cm³/mol. The number of hydrogen-bond donors (Lipinski definition) is 1. The molecule has 1 atom stereocenters. The van der Waals surface area contributed by atoms with E-state index in [0.717, 1.165) is 9.75 Å². The van der Waals surface area contributed by atoms with Crippen molar-refractivity contribution in [2.75, 3.05) is 19.4 Å². The zero-order valence-corrected chi connectivity index (χ0v) is 16.0. The highest BCUT2D eigenvalue weighted by Gasteiger charge is 2.37. The van der Waals surface area contributed by atoms with E-state index in [1.165, 1.54) is 7.11 Å². The quantitative estimate of drug-likeness (QED) is 0.552. The van der Waals surface area contributed by atoms with E-state index in [9.17, 15) is 9.36 Å². The molecule has 23 heavy (non-hydrogen) atoms. The first-order valence-corrected chi connectivity index (χ1v) is 11.4. The van der Waals surface area contributed by atoms with Crippen molar-refractivity contribution in [1.82, 2.24) is 5.09 Å². The van der Waals surface area contributed by atoms with Crippen molar-refractivity contribution < 1.29 is 14.1 Å². The van der Waals surface area contributed by atoms with Gasteiger partial charge < -0.3 is 9.30 Å². The van der Waals surface area contributed by atoms with Gasteiger partial charge in [0.05, 0.1) is 13.0 Å². The van der Waals surface area contributed by atoms with Crippen LogP contribution in [0.25, 0.3) is 0 Å². The summed E-state index contributed by atoms with van der Waals surface area (Å²) < 4.78 is 17.9. The SMILES string of the molecule is CCP(=O)(CC)NC(C(=O)OC)C(c1cccs1)c1cccs1. The van der Waals surface area contributed by atoms with Gasteiger partial charge in [-0.05, 0) is 22.9 Å². The van der Waals surface area contributed by atoms with Gasteiger partial charge in [-0.15, -0.1) is 22.7 Å². The van der Waals surface area contributed by atoms with Crippen LogP contribution in [-0.2, 0) is 14.1 Å². The Morgan fingerprint density at radius 3 is 2.04 bits per heavy atom. The van der Waals surface area contributed by atoms with Gasteiger partial charge in [0, 0.05) is 22.1 Å².